The average Bonchev–Trinajstić information content (AvgIpc) is 2.47. The third-order valence-corrected chi connectivity index (χ3v) is 2.83. The SMILES string of the molecule is C=CCCOC(C)C(=O)N(CC#N)Cc1ccccc1. The van der Waals surface area contributed by atoms with E-state index < -0.39 is 6.10 Å². The molecule has 4 heteroatoms. The first-order chi connectivity index (χ1) is 9.69. The largest absolute Gasteiger partial charge is 0.368 e. The third kappa shape index (κ3) is 5.25. The van der Waals surface area contributed by atoms with Gasteiger partial charge in [0.25, 0.3) is 5.91 Å². The summed E-state index contributed by atoms with van der Waals surface area (Å²) in [5.74, 6) is -0.167. The fourth-order valence-corrected chi connectivity index (χ4v) is 1.76. The van der Waals surface area contributed by atoms with Crippen LogP contribution in [0.3, 0.4) is 0 Å². The van der Waals surface area contributed by atoms with Crippen LogP contribution in [0.1, 0.15) is 18.9 Å². The van der Waals surface area contributed by atoms with Gasteiger partial charge in [0, 0.05) is 6.54 Å². The number of carbonyl (C=O) groups excluding carboxylic acids is 1. The van der Waals surface area contributed by atoms with Crippen LogP contribution in [0.5, 0.6) is 0 Å². The van der Waals surface area contributed by atoms with Gasteiger partial charge in [-0.1, -0.05) is 36.4 Å². The van der Waals surface area contributed by atoms with Crippen LogP contribution in [-0.4, -0.2) is 30.1 Å². The number of benzene rings is 1. The van der Waals surface area contributed by atoms with Crippen LogP contribution in [0.25, 0.3) is 0 Å². The zero-order valence-corrected chi connectivity index (χ0v) is 11.8. The number of hydrogen-bond acceptors (Lipinski definition) is 3. The molecule has 20 heavy (non-hydrogen) atoms. The second-order valence-electron chi connectivity index (χ2n) is 4.43. The molecule has 4 nitrogen and oxygen atoms in total. The van der Waals surface area contributed by atoms with Crippen molar-refractivity contribution in [2.75, 3.05) is 13.2 Å². The lowest BCUT2D eigenvalue weighted by molar-refractivity contribution is -0.142. The highest BCUT2D eigenvalue weighted by Gasteiger charge is 2.20. The monoisotopic (exact) mass is 272 g/mol. The Morgan fingerprint density at radius 3 is 2.80 bits per heavy atom. The summed E-state index contributed by atoms with van der Waals surface area (Å²) in [4.78, 5) is 13.8. The molecule has 0 heterocycles. The number of amides is 1. The fourth-order valence-electron chi connectivity index (χ4n) is 1.76. The number of rotatable bonds is 8. The average molecular weight is 272 g/mol. The minimum atomic E-state index is -0.549. The Balaban J connectivity index is 2.62. The van der Waals surface area contributed by atoms with Gasteiger partial charge in [-0.05, 0) is 18.9 Å². The molecule has 0 bridgehead atoms. The van der Waals surface area contributed by atoms with E-state index in [0.717, 1.165) is 5.56 Å². The van der Waals surface area contributed by atoms with E-state index in [1.54, 1.807) is 13.0 Å². The van der Waals surface area contributed by atoms with E-state index in [1.807, 2.05) is 36.4 Å². The molecule has 0 aromatic heterocycles. The summed E-state index contributed by atoms with van der Waals surface area (Å²) in [5.41, 5.74) is 0.995. The summed E-state index contributed by atoms with van der Waals surface area (Å²) >= 11 is 0. The summed E-state index contributed by atoms with van der Waals surface area (Å²) in [7, 11) is 0. The number of nitrogens with zero attached hydrogens (tertiary/aromatic N) is 2. The molecule has 1 rings (SSSR count). The van der Waals surface area contributed by atoms with Gasteiger partial charge in [-0.25, -0.2) is 0 Å². The van der Waals surface area contributed by atoms with Gasteiger partial charge in [0.15, 0.2) is 0 Å². The van der Waals surface area contributed by atoms with Gasteiger partial charge in [-0.3, -0.25) is 4.79 Å². The van der Waals surface area contributed by atoms with Crippen molar-refractivity contribution in [3.63, 3.8) is 0 Å². The molecule has 1 amide bonds. The van der Waals surface area contributed by atoms with Crippen LogP contribution >= 0.6 is 0 Å². The van der Waals surface area contributed by atoms with Gasteiger partial charge in [-0.2, -0.15) is 5.26 Å². The van der Waals surface area contributed by atoms with E-state index in [1.165, 1.54) is 4.90 Å². The predicted molar refractivity (Wildman–Crippen MR) is 77.7 cm³/mol. The molecule has 1 aromatic carbocycles. The van der Waals surface area contributed by atoms with Crippen LogP contribution in [0.2, 0.25) is 0 Å². The van der Waals surface area contributed by atoms with Crippen molar-refractivity contribution in [3.05, 3.63) is 48.6 Å². The van der Waals surface area contributed by atoms with E-state index in [2.05, 4.69) is 6.58 Å². The highest BCUT2D eigenvalue weighted by Crippen LogP contribution is 2.07. The minimum Gasteiger partial charge on any atom is -0.368 e. The van der Waals surface area contributed by atoms with Crippen molar-refractivity contribution in [1.82, 2.24) is 4.90 Å². The smallest absolute Gasteiger partial charge is 0.252 e. The van der Waals surface area contributed by atoms with Gasteiger partial charge < -0.3 is 9.64 Å². The lowest BCUT2D eigenvalue weighted by Gasteiger charge is -2.23. The maximum Gasteiger partial charge on any atom is 0.252 e. The van der Waals surface area contributed by atoms with Crippen molar-refractivity contribution < 1.29 is 9.53 Å². The Kier molecular flexibility index (Phi) is 7.08. The van der Waals surface area contributed by atoms with Crippen molar-refractivity contribution in [1.29, 1.82) is 5.26 Å². The van der Waals surface area contributed by atoms with Gasteiger partial charge >= 0.3 is 0 Å². The predicted octanol–water partition coefficient (Wildman–Crippen LogP) is 2.52. The first-order valence-corrected chi connectivity index (χ1v) is 6.61. The molecule has 1 unspecified atom stereocenters. The van der Waals surface area contributed by atoms with E-state index in [4.69, 9.17) is 10.00 Å². The van der Waals surface area contributed by atoms with Crippen molar-refractivity contribution >= 4 is 5.91 Å². The summed E-state index contributed by atoms with van der Waals surface area (Å²) in [5, 5.41) is 8.86. The lowest BCUT2D eigenvalue weighted by Crippen LogP contribution is -2.39. The molecule has 0 fully saturated rings. The molecule has 0 saturated carbocycles. The van der Waals surface area contributed by atoms with E-state index in [9.17, 15) is 4.79 Å². The standard InChI is InChI=1S/C16H20N2O2/c1-3-4-12-20-14(2)16(19)18(11-10-17)13-15-8-6-5-7-9-15/h3,5-9,14H,1,4,11-13H2,2H3. The number of nitriles is 1. The lowest BCUT2D eigenvalue weighted by atomic mass is 10.2. The second kappa shape index (κ2) is 8.89. The Bertz CT molecular complexity index is 465. The van der Waals surface area contributed by atoms with Gasteiger partial charge in [-0.15, -0.1) is 6.58 Å². The molecule has 1 aromatic rings. The van der Waals surface area contributed by atoms with Gasteiger partial charge in [0.2, 0.25) is 0 Å². The normalized spacial score (nSPS) is 11.4. The number of ether oxygens (including phenoxy) is 1. The Labute approximate surface area is 120 Å². The van der Waals surface area contributed by atoms with Crippen LogP contribution in [-0.2, 0) is 16.1 Å². The van der Waals surface area contributed by atoms with E-state index in [-0.39, 0.29) is 12.5 Å². The second-order valence-corrected chi connectivity index (χ2v) is 4.43. The van der Waals surface area contributed by atoms with Crippen LogP contribution < -0.4 is 0 Å². The van der Waals surface area contributed by atoms with Crippen LogP contribution in [0.4, 0.5) is 0 Å². The highest BCUT2D eigenvalue weighted by molar-refractivity contribution is 5.80. The molecule has 0 saturated heterocycles. The number of hydrogen-bond donors (Lipinski definition) is 0. The van der Waals surface area contributed by atoms with Crippen LogP contribution in [0.15, 0.2) is 43.0 Å². The maximum absolute atomic E-state index is 12.3. The zero-order valence-electron chi connectivity index (χ0n) is 11.8. The third-order valence-electron chi connectivity index (χ3n) is 2.83. The molecule has 0 radical (unpaired) electrons. The molecule has 0 aliphatic carbocycles. The summed E-state index contributed by atoms with van der Waals surface area (Å²) in [6, 6.07) is 11.6. The zero-order chi connectivity index (χ0) is 14.8. The summed E-state index contributed by atoms with van der Waals surface area (Å²) in [6.45, 7) is 6.25. The van der Waals surface area contributed by atoms with Gasteiger partial charge in [0.1, 0.15) is 12.6 Å². The fraction of sp³-hybridized carbons (Fsp3) is 0.375. The van der Waals surface area contributed by atoms with Gasteiger partial charge in [0.05, 0.1) is 12.7 Å². The highest BCUT2D eigenvalue weighted by atomic mass is 16.5. The topological polar surface area (TPSA) is 53.3 Å². The van der Waals surface area contributed by atoms with Crippen molar-refractivity contribution in [3.8, 4) is 6.07 Å². The Morgan fingerprint density at radius 1 is 1.50 bits per heavy atom. The summed E-state index contributed by atoms with van der Waals surface area (Å²) < 4.78 is 5.44. The molecule has 0 aliphatic rings. The Morgan fingerprint density at radius 2 is 2.20 bits per heavy atom. The molecule has 0 spiro atoms. The molecular formula is C16H20N2O2. The van der Waals surface area contributed by atoms with Crippen LogP contribution in [0, 0.1) is 11.3 Å². The quantitative estimate of drug-likeness (QED) is 0.415. The molecule has 106 valence electrons. The Hall–Kier alpha value is -2.12. The van der Waals surface area contributed by atoms with Crippen molar-refractivity contribution in [2.45, 2.75) is 26.0 Å². The first-order valence-electron chi connectivity index (χ1n) is 6.61. The van der Waals surface area contributed by atoms with E-state index in [0.29, 0.717) is 19.6 Å². The molecule has 0 aliphatic heterocycles. The first kappa shape index (κ1) is 15.9. The molecule has 1 atom stereocenters. The number of carbonyl (C=O) groups is 1. The maximum atomic E-state index is 12.3. The molecular weight excluding hydrogens is 252 g/mol. The molecule has 0 N–H and O–H groups in total. The summed E-state index contributed by atoms with van der Waals surface area (Å²) in [6.07, 6.45) is 1.90. The van der Waals surface area contributed by atoms with E-state index >= 15 is 0 Å². The minimum absolute atomic E-state index is 0.0584. The van der Waals surface area contributed by atoms with Crippen molar-refractivity contribution in [2.24, 2.45) is 0 Å².